The van der Waals surface area contributed by atoms with Gasteiger partial charge in [-0.3, -0.25) is 4.79 Å². The second kappa shape index (κ2) is 5.14. The quantitative estimate of drug-likeness (QED) is 0.917. The fourth-order valence-corrected chi connectivity index (χ4v) is 1.91. The standard InChI is InChI=1S/C14H16N2O3/c1-8-13(15-9(2)16-14(8)17)11-7-10(18-3)5-6-12(11)19-4/h5-7H,1-4H3,(H,15,16,17). The van der Waals surface area contributed by atoms with E-state index in [-0.39, 0.29) is 5.56 Å². The molecule has 2 aromatic rings. The van der Waals surface area contributed by atoms with Gasteiger partial charge in [0.15, 0.2) is 0 Å². The molecule has 1 aromatic heterocycles. The lowest BCUT2D eigenvalue weighted by atomic mass is 10.1. The highest BCUT2D eigenvalue weighted by Gasteiger charge is 2.14. The Bertz CT molecular complexity index is 662. The van der Waals surface area contributed by atoms with Gasteiger partial charge in [0.05, 0.1) is 19.9 Å². The van der Waals surface area contributed by atoms with Crippen molar-refractivity contribution in [3.63, 3.8) is 0 Å². The third-order valence-corrected chi connectivity index (χ3v) is 2.93. The average Bonchev–Trinajstić information content (AvgIpc) is 2.42. The number of H-pyrrole nitrogens is 1. The molecule has 0 saturated heterocycles. The van der Waals surface area contributed by atoms with Gasteiger partial charge in [-0.25, -0.2) is 4.98 Å². The summed E-state index contributed by atoms with van der Waals surface area (Å²) in [4.78, 5) is 18.9. The summed E-state index contributed by atoms with van der Waals surface area (Å²) in [6, 6.07) is 5.41. The van der Waals surface area contributed by atoms with Gasteiger partial charge in [-0.2, -0.15) is 0 Å². The van der Waals surface area contributed by atoms with Crippen LogP contribution in [0.15, 0.2) is 23.0 Å². The summed E-state index contributed by atoms with van der Waals surface area (Å²) in [7, 11) is 3.18. The van der Waals surface area contributed by atoms with E-state index in [9.17, 15) is 4.79 Å². The molecule has 0 atom stereocenters. The number of aryl methyl sites for hydroxylation is 1. The first kappa shape index (κ1) is 13.1. The maximum absolute atomic E-state index is 11.8. The zero-order valence-electron chi connectivity index (χ0n) is 11.4. The van der Waals surface area contributed by atoms with Crippen molar-refractivity contribution < 1.29 is 9.47 Å². The van der Waals surface area contributed by atoms with Gasteiger partial charge in [-0.15, -0.1) is 0 Å². The number of nitrogens with one attached hydrogen (secondary N) is 1. The van der Waals surface area contributed by atoms with E-state index in [4.69, 9.17) is 9.47 Å². The Hall–Kier alpha value is -2.30. The van der Waals surface area contributed by atoms with E-state index in [1.54, 1.807) is 40.2 Å². The minimum Gasteiger partial charge on any atom is -0.497 e. The van der Waals surface area contributed by atoms with Crippen molar-refractivity contribution in [1.29, 1.82) is 0 Å². The minimum atomic E-state index is -0.146. The lowest BCUT2D eigenvalue weighted by molar-refractivity contribution is 0.404. The Labute approximate surface area is 111 Å². The number of aromatic amines is 1. The lowest BCUT2D eigenvalue weighted by Gasteiger charge is -2.12. The topological polar surface area (TPSA) is 64.2 Å². The summed E-state index contributed by atoms with van der Waals surface area (Å²) >= 11 is 0. The van der Waals surface area contributed by atoms with E-state index in [0.717, 1.165) is 5.56 Å². The molecule has 1 N–H and O–H groups in total. The van der Waals surface area contributed by atoms with Gasteiger partial charge in [0.2, 0.25) is 0 Å². The smallest absolute Gasteiger partial charge is 0.254 e. The first-order valence-electron chi connectivity index (χ1n) is 5.86. The van der Waals surface area contributed by atoms with E-state index in [1.165, 1.54) is 0 Å². The van der Waals surface area contributed by atoms with Crippen LogP contribution in [0.2, 0.25) is 0 Å². The van der Waals surface area contributed by atoms with Gasteiger partial charge in [0, 0.05) is 11.1 Å². The van der Waals surface area contributed by atoms with Crippen LogP contribution in [0.4, 0.5) is 0 Å². The SMILES string of the molecule is COc1ccc(OC)c(-c2nc(C)[nH]c(=O)c2C)c1. The van der Waals surface area contributed by atoms with Gasteiger partial charge in [-0.05, 0) is 32.0 Å². The van der Waals surface area contributed by atoms with Crippen LogP contribution < -0.4 is 15.0 Å². The van der Waals surface area contributed by atoms with Gasteiger partial charge in [0.1, 0.15) is 17.3 Å². The number of rotatable bonds is 3. The van der Waals surface area contributed by atoms with Crippen LogP contribution in [0.3, 0.4) is 0 Å². The van der Waals surface area contributed by atoms with Crippen LogP contribution in [-0.4, -0.2) is 24.2 Å². The Morgan fingerprint density at radius 2 is 1.89 bits per heavy atom. The first-order chi connectivity index (χ1) is 9.06. The molecular formula is C14H16N2O3. The van der Waals surface area contributed by atoms with Crippen molar-refractivity contribution in [3.8, 4) is 22.8 Å². The predicted molar refractivity (Wildman–Crippen MR) is 72.9 cm³/mol. The normalized spacial score (nSPS) is 10.3. The van der Waals surface area contributed by atoms with Crippen molar-refractivity contribution in [2.45, 2.75) is 13.8 Å². The molecule has 0 unspecified atom stereocenters. The van der Waals surface area contributed by atoms with E-state index < -0.39 is 0 Å². The van der Waals surface area contributed by atoms with Crippen LogP contribution in [0.5, 0.6) is 11.5 Å². The highest BCUT2D eigenvalue weighted by atomic mass is 16.5. The summed E-state index contributed by atoms with van der Waals surface area (Å²) < 4.78 is 10.5. The van der Waals surface area contributed by atoms with Crippen LogP contribution in [0, 0.1) is 13.8 Å². The molecule has 0 spiro atoms. The first-order valence-corrected chi connectivity index (χ1v) is 5.86. The molecule has 0 saturated carbocycles. The van der Waals surface area contributed by atoms with E-state index in [0.29, 0.717) is 28.6 Å². The van der Waals surface area contributed by atoms with Crippen LogP contribution >= 0.6 is 0 Å². The fourth-order valence-electron chi connectivity index (χ4n) is 1.91. The Morgan fingerprint density at radius 3 is 2.53 bits per heavy atom. The molecule has 5 heteroatoms. The number of nitrogens with zero attached hydrogens (tertiary/aromatic N) is 1. The number of hydrogen-bond acceptors (Lipinski definition) is 4. The molecule has 5 nitrogen and oxygen atoms in total. The molecule has 0 aliphatic carbocycles. The third kappa shape index (κ3) is 2.45. The van der Waals surface area contributed by atoms with Gasteiger partial charge in [-0.1, -0.05) is 0 Å². The van der Waals surface area contributed by atoms with Gasteiger partial charge >= 0.3 is 0 Å². The van der Waals surface area contributed by atoms with Crippen LogP contribution in [0.25, 0.3) is 11.3 Å². The fraction of sp³-hybridized carbons (Fsp3) is 0.286. The molecule has 100 valence electrons. The Morgan fingerprint density at radius 1 is 1.16 bits per heavy atom. The van der Waals surface area contributed by atoms with Crippen molar-refractivity contribution in [2.24, 2.45) is 0 Å². The average molecular weight is 260 g/mol. The van der Waals surface area contributed by atoms with Crippen molar-refractivity contribution >= 4 is 0 Å². The number of aromatic nitrogens is 2. The molecule has 19 heavy (non-hydrogen) atoms. The molecule has 0 aliphatic rings. The summed E-state index contributed by atoms with van der Waals surface area (Å²) in [6.07, 6.45) is 0. The molecule has 2 rings (SSSR count). The molecule has 0 fully saturated rings. The largest absolute Gasteiger partial charge is 0.497 e. The van der Waals surface area contributed by atoms with Crippen LogP contribution in [0.1, 0.15) is 11.4 Å². The van der Waals surface area contributed by atoms with Gasteiger partial charge < -0.3 is 14.5 Å². The monoisotopic (exact) mass is 260 g/mol. The predicted octanol–water partition coefficient (Wildman–Crippen LogP) is 2.07. The highest BCUT2D eigenvalue weighted by molar-refractivity contribution is 5.71. The summed E-state index contributed by atoms with van der Waals surface area (Å²) in [6.45, 7) is 3.48. The van der Waals surface area contributed by atoms with E-state index in [1.807, 2.05) is 6.07 Å². The second-order valence-electron chi connectivity index (χ2n) is 4.19. The molecule has 0 aliphatic heterocycles. The molecule has 0 amide bonds. The zero-order valence-corrected chi connectivity index (χ0v) is 11.4. The summed E-state index contributed by atoms with van der Waals surface area (Å²) in [5.74, 6) is 1.91. The van der Waals surface area contributed by atoms with Crippen molar-refractivity contribution in [2.75, 3.05) is 14.2 Å². The number of ether oxygens (including phenoxy) is 2. The van der Waals surface area contributed by atoms with Crippen LogP contribution in [-0.2, 0) is 0 Å². The molecule has 1 heterocycles. The maximum atomic E-state index is 11.8. The van der Waals surface area contributed by atoms with Crippen molar-refractivity contribution in [3.05, 3.63) is 39.9 Å². The summed E-state index contributed by atoms with van der Waals surface area (Å²) in [5.41, 5.74) is 1.76. The van der Waals surface area contributed by atoms with E-state index in [2.05, 4.69) is 9.97 Å². The maximum Gasteiger partial charge on any atom is 0.254 e. The van der Waals surface area contributed by atoms with Crippen molar-refractivity contribution in [1.82, 2.24) is 9.97 Å². The third-order valence-electron chi connectivity index (χ3n) is 2.93. The summed E-state index contributed by atoms with van der Waals surface area (Å²) in [5, 5.41) is 0. The molecule has 0 radical (unpaired) electrons. The number of benzene rings is 1. The Balaban J connectivity index is 2.73. The van der Waals surface area contributed by atoms with E-state index >= 15 is 0 Å². The highest BCUT2D eigenvalue weighted by Crippen LogP contribution is 2.33. The lowest BCUT2D eigenvalue weighted by Crippen LogP contribution is -2.14. The molecule has 0 bridgehead atoms. The molecular weight excluding hydrogens is 244 g/mol. The zero-order chi connectivity index (χ0) is 14.0. The number of methoxy groups -OCH3 is 2. The Kier molecular flexibility index (Phi) is 3.55. The second-order valence-corrected chi connectivity index (χ2v) is 4.19. The number of hydrogen-bond donors (Lipinski definition) is 1. The van der Waals surface area contributed by atoms with Gasteiger partial charge in [0.25, 0.3) is 5.56 Å². The molecule has 1 aromatic carbocycles. The minimum absolute atomic E-state index is 0.146.